The Labute approximate surface area is 855 Å². The van der Waals surface area contributed by atoms with E-state index in [1.54, 1.807) is 12.1 Å². The number of anilines is 6. The second-order valence-corrected chi connectivity index (χ2v) is 40.4. The van der Waals surface area contributed by atoms with Crippen LogP contribution in [0.2, 0.25) is 0 Å². The van der Waals surface area contributed by atoms with Crippen LogP contribution in [-0.4, -0.2) is 127 Å². The first-order chi connectivity index (χ1) is 71.2. The quantitative estimate of drug-likeness (QED) is 0.0214. The number of rotatable bonds is 30. The number of nitrogens with zero attached hydrogens (tertiary/aromatic N) is 12. The Balaban J connectivity index is 0.000000140. The van der Waals surface area contributed by atoms with Crippen molar-refractivity contribution in [3.8, 4) is 33.4 Å². The van der Waals surface area contributed by atoms with Gasteiger partial charge in [-0.1, -0.05) is 57.9 Å². The standard InChI is InChI=1S/C39H36FN5O5.2C39H38FN5O4/c1-22-8-9-26(35-23(2)43-50-24(35)3)20-33(22)44(28-12-10-27(11-13-28)39(41-4)16-17-39)18-6-5-7-25-19-29-30(21-31(25)40)38(49)45(37(29)48)32-14-15-34(46)42-36(32)47;1-23-8-9-27(36-24(2)43-49-25(36)3)21-34(23)44(30-12-10-29(11-13-30)39(41-4)16-17-39)18-6-5-7-26-19-31-28(20-32(26)40)22-45(38(31)48)33-14-15-35(46)42-37(33)47;1-23-8-9-27(36-24(2)43-49-25(36)3)20-34(23)44(30-12-10-29(11-13-30)39(41-4)16-17-39)18-6-5-7-26-19-28-22-45(38(48)31(28)21-32(26)40)33-14-15-35(46)42-37(33)47/h8-13,19-21,32H,5-7,14-18H2,1-3H3,(H,42,46,47);2*8-13,19-21,33H,5-7,14-18,22H2,1-3H3,(H,42,46,47). The molecule has 0 spiro atoms. The molecule has 12 aromatic rings. The Kier molecular flexibility index (Phi) is 27.8. The van der Waals surface area contributed by atoms with Gasteiger partial charge in [0.2, 0.25) is 35.4 Å². The lowest BCUT2D eigenvalue weighted by molar-refractivity contribution is -0.138. The summed E-state index contributed by atoms with van der Waals surface area (Å²) in [7, 11) is 0. The van der Waals surface area contributed by atoms with Gasteiger partial charge in [0.25, 0.3) is 40.2 Å². The number of amides is 10. The first kappa shape index (κ1) is 100. The number of benzene rings is 9. The number of piperidine rings is 3. The molecule has 0 radical (unpaired) electrons. The average Bonchev–Trinajstić information content (AvgIpc) is 1.76. The summed E-state index contributed by atoms with van der Waals surface area (Å²) in [5.74, 6) is -4.01. The highest BCUT2D eigenvalue weighted by Gasteiger charge is 2.55. The van der Waals surface area contributed by atoms with Gasteiger partial charge in [-0.05, 0) is 322 Å². The summed E-state index contributed by atoms with van der Waals surface area (Å²) in [5, 5.41) is 19.2. The van der Waals surface area contributed by atoms with Crippen LogP contribution in [-0.2, 0) is 77.7 Å². The van der Waals surface area contributed by atoms with Crippen molar-refractivity contribution in [2.45, 2.75) is 245 Å². The van der Waals surface area contributed by atoms with E-state index in [1.165, 1.54) is 28.0 Å². The van der Waals surface area contributed by atoms with Crippen LogP contribution in [0.3, 0.4) is 0 Å². The molecule has 28 nitrogen and oxygen atoms in total. The van der Waals surface area contributed by atoms with E-state index in [0.717, 1.165) is 198 Å². The third-order valence-electron chi connectivity index (χ3n) is 30.6. The molecule has 10 amide bonds. The van der Waals surface area contributed by atoms with E-state index in [9.17, 15) is 47.9 Å². The lowest BCUT2D eigenvalue weighted by Gasteiger charge is -2.29. The fourth-order valence-electron chi connectivity index (χ4n) is 21.8. The van der Waals surface area contributed by atoms with Crippen LogP contribution in [0.4, 0.5) is 47.3 Å². The molecule has 6 fully saturated rings. The van der Waals surface area contributed by atoms with Crippen LogP contribution in [0.15, 0.2) is 177 Å². The average molecular weight is 1990 g/mol. The molecular weight excluding hydrogens is 1880 g/mol. The number of halogens is 3. The van der Waals surface area contributed by atoms with Crippen molar-refractivity contribution in [2.75, 3.05) is 34.3 Å². The van der Waals surface area contributed by atoms with Crippen molar-refractivity contribution in [1.29, 1.82) is 0 Å². The molecule has 3 unspecified atom stereocenters. The number of imide groups is 4. The van der Waals surface area contributed by atoms with E-state index in [0.29, 0.717) is 98.0 Å². The summed E-state index contributed by atoms with van der Waals surface area (Å²) in [4.78, 5) is 147. The fraction of sp³-hybridized carbons (Fsp3) is 0.350. The molecule has 21 rings (SSSR count). The van der Waals surface area contributed by atoms with Crippen molar-refractivity contribution >= 4 is 93.2 Å². The number of fused-ring (bicyclic) bond motifs is 3. The molecule has 9 aromatic carbocycles. The molecule has 3 atom stereocenters. The van der Waals surface area contributed by atoms with Crippen molar-refractivity contribution in [3.63, 3.8) is 0 Å². The maximum absolute atomic E-state index is 15.4. The molecule has 0 bridgehead atoms. The number of carbonyl (C=O) groups is 10. The lowest BCUT2D eigenvalue weighted by Crippen LogP contribution is -2.54. The number of aromatic nitrogens is 3. The van der Waals surface area contributed by atoms with E-state index in [1.807, 2.05) is 53.7 Å². The minimum Gasteiger partial charge on any atom is -0.361 e. The van der Waals surface area contributed by atoms with Crippen molar-refractivity contribution in [3.05, 3.63) is 333 Å². The van der Waals surface area contributed by atoms with E-state index >= 15 is 13.2 Å². The van der Waals surface area contributed by atoms with E-state index < -0.39 is 70.7 Å². The minimum absolute atomic E-state index is 0.00991. The molecule has 3 aromatic heterocycles. The zero-order valence-electron chi connectivity index (χ0n) is 84.0. The highest BCUT2D eigenvalue weighted by molar-refractivity contribution is 6.23. The van der Waals surface area contributed by atoms with Gasteiger partial charge < -0.3 is 52.6 Å². The Morgan fingerprint density at radius 2 is 0.655 bits per heavy atom. The smallest absolute Gasteiger partial charge is 0.262 e. The normalized spacial score (nSPS) is 17.9. The van der Waals surface area contributed by atoms with Gasteiger partial charge in [-0.25, -0.2) is 32.9 Å². The van der Waals surface area contributed by atoms with E-state index in [-0.39, 0.29) is 109 Å². The van der Waals surface area contributed by atoms with E-state index in [2.05, 4.69) is 197 Å². The van der Waals surface area contributed by atoms with Gasteiger partial charge >= 0.3 is 0 Å². The highest BCUT2D eigenvalue weighted by Crippen LogP contribution is 2.54. The number of unbranched alkanes of at least 4 members (excludes halogenated alkanes) is 3. The monoisotopic (exact) mass is 1990 g/mol. The molecule has 754 valence electrons. The third-order valence-corrected chi connectivity index (χ3v) is 30.6. The lowest BCUT2D eigenvalue weighted by atomic mass is 9.99. The Morgan fingerprint density at radius 3 is 0.973 bits per heavy atom. The Bertz CT molecular complexity index is 7460. The van der Waals surface area contributed by atoms with Gasteiger partial charge in [0.15, 0.2) is 0 Å². The van der Waals surface area contributed by atoms with Gasteiger partial charge in [-0.3, -0.25) is 68.8 Å². The third kappa shape index (κ3) is 19.8. The van der Waals surface area contributed by atoms with Crippen molar-refractivity contribution < 1.29 is 74.7 Å². The van der Waals surface area contributed by atoms with Crippen LogP contribution in [0.5, 0.6) is 0 Å². The first-order valence-electron chi connectivity index (χ1n) is 50.6. The highest BCUT2D eigenvalue weighted by atomic mass is 19.1. The van der Waals surface area contributed by atoms with Gasteiger partial charge in [-0.2, -0.15) is 0 Å². The molecule has 3 saturated carbocycles. The SMILES string of the molecule is [C-]#[N+]C1(c2ccc(N(CCCCc3cc4c(cc3F)C(=O)N(C3CCC(=O)NC3=O)C4)c3cc(-c4c(C)noc4C)ccc3C)cc2)CC1.[C-]#[N+]C1(c2ccc(N(CCCCc3cc4c(cc3F)C(=O)N(C3CCC(=O)NC3=O)C4=O)c3cc(-c4c(C)noc4C)ccc3C)cc2)CC1.[C-]#[N+]C1(c2ccc(N(CCCCc3cc4c(cc3F)CN(C3CCC(=O)NC3=O)C4=O)c3cc(-c4c(C)noc4C)ccc3C)cc2)CC1. The fourth-order valence-corrected chi connectivity index (χ4v) is 21.8. The number of hydrogen-bond acceptors (Lipinski definition) is 19. The Morgan fingerprint density at radius 1 is 0.358 bits per heavy atom. The van der Waals surface area contributed by atoms with Gasteiger partial charge in [0.1, 0.15) is 52.9 Å². The maximum atomic E-state index is 15.4. The topological polar surface area (TPSA) is 317 Å². The van der Waals surface area contributed by atoms with E-state index in [4.69, 9.17) is 33.3 Å². The number of nitrogens with one attached hydrogen (secondary N) is 3. The summed E-state index contributed by atoms with van der Waals surface area (Å²) in [5.41, 5.74) is 22.9. The van der Waals surface area contributed by atoms with Crippen LogP contribution in [0, 0.1) is 99.5 Å². The molecular formula is C117H112F3N15O13. The van der Waals surface area contributed by atoms with Gasteiger partial charge in [0, 0.05) is 169 Å². The molecule has 148 heavy (non-hydrogen) atoms. The Hall–Kier alpha value is -16.2. The molecule has 3 aliphatic carbocycles. The van der Waals surface area contributed by atoms with Crippen LogP contribution >= 0.6 is 0 Å². The van der Waals surface area contributed by atoms with Crippen molar-refractivity contribution in [2.24, 2.45) is 0 Å². The molecule has 9 aliphatic rings. The zero-order chi connectivity index (χ0) is 104. The number of carbonyl (C=O) groups excluding carboxylic acids is 10. The second-order valence-electron chi connectivity index (χ2n) is 40.4. The summed E-state index contributed by atoms with van der Waals surface area (Å²) in [6.45, 7) is 43.1. The largest absolute Gasteiger partial charge is 0.361 e. The molecule has 9 heterocycles. The summed E-state index contributed by atoms with van der Waals surface area (Å²) >= 11 is 0. The summed E-state index contributed by atoms with van der Waals surface area (Å²) < 4.78 is 62.5. The summed E-state index contributed by atoms with van der Waals surface area (Å²) in [6, 6.07) is 49.8. The van der Waals surface area contributed by atoms with Crippen LogP contribution < -0.4 is 30.7 Å². The molecule has 6 aliphatic heterocycles. The van der Waals surface area contributed by atoms with Crippen LogP contribution in [0.1, 0.15) is 253 Å². The van der Waals surface area contributed by atoms with Crippen LogP contribution in [0.25, 0.3) is 47.9 Å². The van der Waals surface area contributed by atoms with Crippen molar-refractivity contribution in [1.82, 2.24) is 46.1 Å². The maximum Gasteiger partial charge on any atom is 0.262 e. The number of aryl methyl sites for hydroxylation is 12. The second kappa shape index (κ2) is 41.0. The minimum atomic E-state index is -1.11. The first-order valence-corrected chi connectivity index (χ1v) is 50.6. The zero-order valence-corrected chi connectivity index (χ0v) is 84.0. The summed E-state index contributed by atoms with van der Waals surface area (Å²) in [6.07, 6.45) is 11.6. The molecule has 3 N–H and O–H groups in total. The predicted molar refractivity (Wildman–Crippen MR) is 548 cm³/mol. The predicted octanol–water partition coefficient (Wildman–Crippen LogP) is 21.3. The molecule has 3 saturated heterocycles. The van der Waals surface area contributed by atoms with Gasteiger partial charge in [0.05, 0.1) is 28.2 Å². The van der Waals surface area contributed by atoms with Gasteiger partial charge in [-0.15, -0.1) is 0 Å². The molecule has 31 heteroatoms. The number of hydrogen-bond donors (Lipinski definition) is 3.